The van der Waals surface area contributed by atoms with Gasteiger partial charge in [-0.15, -0.1) is 0 Å². The summed E-state index contributed by atoms with van der Waals surface area (Å²) < 4.78 is 0. The van der Waals surface area contributed by atoms with Crippen LogP contribution in [0.1, 0.15) is 43.9 Å². The molecule has 6 heteroatoms. The SMILES string of the molecule is CCCNCc1ncc(-c2ccc3cc(-c4ccc(-c5cnc(C6CCCN6)[nH]5)cc4)ccc3c2)[nH]1. The second-order valence-electron chi connectivity index (χ2n) is 9.61. The number of nitrogens with one attached hydrogen (secondary N) is 4. The predicted octanol–water partition coefficient (Wildman–Crippen LogP) is 6.21. The fraction of sp³-hybridized carbons (Fsp3) is 0.267. The van der Waals surface area contributed by atoms with Crippen molar-refractivity contribution in [3.05, 3.63) is 84.7 Å². The van der Waals surface area contributed by atoms with E-state index in [1.54, 1.807) is 0 Å². The lowest BCUT2D eigenvalue weighted by molar-refractivity contribution is 0.613. The van der Waals surface area contributed by atoms with Crippen molar-refractivity contribution >= 4 is 10.8 Å². The molecule has 0 bridgehead atoms. The second-order valence-corrected chi connectivity index (χ2v) is 9.61. The number of imidazole rings is 2. The number of fused-ring (bicyclic) bond motifs is 1. The number of H-pyrrole nitrogens is 2. The van der Waals surface area contributed by atoms with Crippen LogP contribution in [0.15, 0.2) is 73.1 Å². The Morgan fingerprint density at radius 1 is 0.806 bits per heavy atom. The summed E-state index contributed by atoms with van der Waals surface area (Å²) in [6.45, 7) is 5.01. The van der Waals surface area contributed by atoms with Gasteiger partial charge in [-0.1, -0.05) is 55.5 Å². The number of aromatic nitrogens is 4. The maximum Gasteiger partial charge on any atom is 0.123 e. The molecular weight excluding hydrogens is 444 g/mol. The number of aromatic amines is 2. The van der Waals surface area contributed by atoms with E-state index < -0.39 is 0 Å². The van der Waals surface area contributed by atoms with Crippen LogP contribution >= 0.6 is 0 Å². The maximum absolute atomic E-state index is 4.61. The summed E-state index contributed by atoms with van der Waals surface area (Å²) in [7, 11) is 0. The third-order valence-corrected chi connectivity index (χ3v) is 7.01. The molecule has 0 aliphatic carbocycles. The summed E-state index contributed by atoms with van der Waals surface area (Å²) in [4.78, 5) is 16.1. The van der Waals surface area contributed by atoms with E-state index in [1.165, 1.54) is 28.3 Å². The molecule has 4 N–H and O–H groups in total. The van der Waals surface area contributed by atoms with E-state index in [4.69, 9.17) is 0 Å². The maximum atomic E-state index is 4.61. The molecule has 1 unspecified atom stereocenters. The van der Waals surface area contributed by atoms with Crippen LogP contribution in [0.5, 0.6) is 0 Å². The number of benzene rings is 3. The van der Waals surface area contributed by atoms with Crippen LogP contribution in [0, 0.1) is 0 Å². The van der Waals surface area contributed by atoms with E-state index in [9.17, 15) is 0 Å². The number of nitrogens with zero attached hydrogens (tertiary/aromatic N) is 2. The van der Waals surface area contributed by atoms with Gasteiger partial charge in [0.25, 0.3) is 0 Å². The second kappa shape index (κ2) is 10.1. The van der Waals surface area contributed by atoms with Gasteiger partial charge in [-0.3, -0.25) is 0 Å². The largest absolute Gasteiger partial charge is 0.341 e. The van der Waals surface area contributed by atoms with E-state index in [2.05, 4.69) is 98.2 Å². The minimum absolute atomic E-state index is 0.356. The molecule has 6 rings (SSSR count). The van der Waals surface area contributed by atoms with Crippen LogP contribution in [0.2, 0.25) is 0 Å². The van der Waals surface area contributed by atoms with Crippen molar-refractivity contribution in [3.63, 3.8) is 0 Å². The van der Waals surface area contributed by atoms with Crippen molar-refractivity contribution in [2.75, 3.05) is 13.1 Å². The fourth-order valence-electron chi connectivity index (χ4n) is 5.00. The quantitative estimate of drug-likeness (QED) is 0.201. The molecule has 1 aliphatic heterocycles. The molecule has 1 aliphatic rings. The van der Waals surface area contributed by atoms with Gasteiger partial charge >= 0.3 is 0 Å². The molecular formula is C30H32N6. The lowest BCUT2D eigenvalue weighted by Crippen LogP contribution is -2.14. The van der Waals surface area contributed by atoms with E-state index in [0.717, 1.165) is 66.6 Å². The molecule has 36 heavy (non-hydrogen) atoms. The zero-order chi connectivity index (χ0) is 24.3. The molecule has 1 fully saturated rings. The Kier molecular flexibility index (Phi) is 6.36. The van der Waals surface area contributed by atoms with Crippen molar-refractivity contribution in [1.29, 1.82) is 0 Å². The Labute approximate surface area is 211 Å². The Bertz CT molecular complexity index is 1460. The van der Waals surface area contributed by atoms with E-state index >= 15 is 0 Å². The van der Waals surface area contributed by atoms with Crippen molar-refractivity contribution in [1.82, 2.24) is 30.6 Å². The third-order valence-electron chi connectivity index (χ3n) is 7.01. The Morgan fingerprint density at radius 3 is 2.28 bits per heavy atom. The Morgan fingerprint density at radius 2 is 1.50 bits per heavy atom. The van der Waals surface area contributed by atoms with Gasteiger partial charge in [-0.05, 0) is 71.9 Å². The molecule has 2 aromatic heterocycles. The van der Waals surface area contributed by atoms with Gasteiger partial charge < -0.3 is 20.6 Å². The summed E-state index contributed by atoms with van der Waals surface area (Å²) in [5.41, 5.74) is 6.85. The fourth-order valence-corrected chi connectivity index (χ4v) is 5.00. The third kappa shape index (κ3) is 4.70. The van der Waals surface area contributed by atoms with E-state index in [-0.39, 0.29) is 0 Å². The minimum atomic E-state index is 0.356. The first-order valence-corrected chi connectivity index (χ1v) is 12.9. The average Bonchev–Trinajstić information content (AvgIpc) is 3.70. The first-order valence-electron chi connectivity index (χ1n) is 12.9. The molecule has 3 aromatic carbocycles. The van der Waals surface area contributed by atoms with Crippen molar-refractivity contribution in [3.8, 4) is 33.6 Å². The molecule has 0 radical (unpaired) electrons. The Hall–Kier alpha value is -3.74. The van der Waals surface area contributed by atoms with Gasteiger partial charge in [-0.2, -0.15) is 0 Å². The summed E-state index contributed by atoms with van der Waals surface area (Å²) in [6.07, 6.45) is 7.35. The highest BCUT2D eigenvalue weighted by molar-refractivity contribution is 5.90. The van der Waals surface area contributed by atoms with Gasteiger partial charge in [-0.25, -0.2) is 9.97 Å². The van der Waals surface area contributed by atoms with Gasteiger partial charge in [0.2, 0.25) is 0 Å². The molecule has 182 valence electrons. The highest BCUT2D eigenvalue weighted by Gasteiger charge is 2.19. The monoisotopic (exact) mass is 476 g/mol. The molecule has 3 heterocycles. The number of hydrogen-bond donors (Lipinski definition) is 4. The van der Waals surface area contributed by atoms with Gasteiger partial charge in [0.1, 0.15) is 11.6 Å². The first-order chi connectivity index (χ1) is 17.8. The lowest BCUT2D eigenvalue weighted by atomic mass is 9.98. The highest BCUT2D eigenvalue weighted by atomic mass is 15.0. The van der Waals surface area contributed by atoms with Gasteiger partial charge in [0.05, 0.1) is 36.4 Å². The van der Waals surface area contributed by atoms with Crippen LogP contribution in [0.25, 0.3) is 44.4 Å². The topological polar surface area (TPSA) is 81.4 Å². The molecule has 1 saturated heterocycles. The molecule has 0 amide bonds. The van der Waals surface area contributed by atoms with E-state index in [1.807, 2.05) is 12.4 Å². The van der Waals surface area contributed by atoms with E-state index in [0.29, 0.717) is 6.04 Å². The molecule has 0 spiro atoms. The number of hydrogen-bond acceptors (Lipinski definition) is 4. The highest BCUT2D eigenvalue weighted by Crippen LogP contribution is 2.30. The van der Waals surface area contributed by atoms with Crippen molar-refractivity contribution in [2.24, 2.45) is 0 Å². The normalized spacial score (nSPS) is 15.6. The predicted molar refractivity (Wildman–Crippen MR) is 147 cm³/mol. The van der Waals surface area contributed by atoms with Crippen LogP contribution < -0.4 is 10.6 Å². The molecule has 1 atom stereocenters. The zero-order valence-corrected chi connectivity index (χ0v) is 20.6. The van der Waals surface area contributed by atoms with Crippen LogP contribution in [-0.4, -0.2) is 33.0 Å². The zero-order valence-electron chi connectivity index (χ0n) is 20.6. The molecule has 0 saturated carbocycles. The smallest absolute Gasteiger partial charge is 0.123 e. The van der Waals surface area contributed by atoms with Gasteiger partial charge in [0.15, 0.2) is 0 Å². The van der Waals surface area contributed by atoms with Crippen LogP contribution in [-0.2, 0) is 6.54 Å². The summed E-state index contributed by atoms with van der Waals surface area (Å²) >= 11 is 0. The summed E-state index contributed by atoms with van der Waals surface area (Å²) in [5, 5.41) is 9.35. The molecule has 6 nitrogen and oxygen atoms in total. The van der Waals surface area contributed by atoms with Crippen molar-refractivity contribution < 1.29 is 0 Å². The number of rotatable bonds is 8. The summed E-state index contributed by atoms with van der Waals surface area (Å²) in [6, 6.07) is 22.4. The standard InChI is InChI=1S/C30H32N6/c1-2-13-31-19-29-33-17-28(35-29)25-12-11-23-15-22(9-10-24(23)16-25)20-5-7-21(8-6-20)27-18-34-30(36-27)26-4-3-14-32-26/h5-12,15-18,26,31-32H,2-4,13-14,19H2,1H3,(H,33,35)(H,34,36). The average molecular weight is 477 g/mol. The Balaban J connectivity index is 1.19. The molecule has 5 aromatic rings. The van der Waals surface area contributed by atoms with Crippen LogP contribution in [0.3, 0.4) is 0 Å². The van der Waals surface area contributed by atoms with Gasteiger partial charge in [0, 0.05) is 5.56 Å². The lowest BCUT2D eigenvalue weighted by Gasteiger charge is -2.08. The minimum Gasteiger partial charge on any atom is -0.341 e. The van der Waals surface area contributed by atoms with Crippen molar-refractivity contribution in [2.45, 2.75) is 38.8 Å². The summed E-state index contributed by atoms with van der Waals surface area (Å²) in [5.74, 6) is 2.01. The first kappa shape index (κ1) is 22.7. The van der Waals surface area contributed by atoms with Crippen LogP contribution in [0.4, 0.5) is 0 Å².